The summed E-state index contributed by atoms with van der Waals surface area (Å²) in [7, 11) is -3.54. The van der Waals surface area contributed by atoms with Crippen molar-refractivity contribution in [3.05, 3.63) is 64.8 Å². The van der Waals surface area contributed by atoms with Crippen LogP contribution in [0, 0.1) is 0 Å². The Morgan fingerprint density at radius 3 is 2.62 bits per heavy atom. The lowest BCUT2D eigenvalue weighted by atomic mass is 10.1. The lowest BCUT2D eigenvalue weighted by molar-refractivity contribution is -0.131. The summed E-state index contributed by atoms with van der Waals surface area (Å²) in [5, 5.41) is 2.68. The number of carbonyl (C=O) groups excluding carboxylic acids is 1. The minimum absolute atomic E-state index is 0.0301. The predicted octanol–water partition coefficient (Wildman–Crippen LogP) is 2.77. The summed E-state index contributed by atoms with van der Waals surface area (Å²) in [6.07, 6.45) is 4.99. The molecule has 1 aliphatic carbocycles. The molecule has 2 aliphatic rings. The third kappa shape index (κ3) is 4.20. The van der Waals surface area contributed by atoms with E-state index in [1.165, 1.54) is 21.2 Å². The summed E-state index contributed by atoms with van der Waals surface area (Å²) in [6, 6.07) is 11.2. The average molecular weight is 469 g/mol. The molecule has 0 saturated carbocycles. The smallest absolute Gasteiger partial charge is 0.243 e. The van der Waals surface area contributed by atoms with E-state index in [2.05, 4.69) is 9.97 Å². The van der Waals surface area contributed by atoms with E-state index < -0.39 is 10.0 Å². The molecule has 9 heteroatoms. The van der Waals surface area contributed by atoms with E-state index in [4.69, 9.17) is 0 Å². The summed E-state index contributed by atoms with van der Waals surface area (Å²) in [4.78, 5) is 23.7. The van der Waals surface area contributed by atoms with Crippen LogP contribution in [0.2, 0.25) is 0 Å². The number of hydrogen-bond donors (Lipinski definition) is 0. The fraction of sp³-hybridized carbons (Fsp3) is 0.348. The second-order valence-corrected chi connectivity index (χ2v) is 10.9. The van der Waals surface area contributed by atoms with Crippen molar-refractivity contribution in [3.63, 3.8) is 0 Å². The maximum atomic E-state index is 13.1. The van der Waals surface area contributed by atoms with Gasteiger partial charge in [0.05, 0.1) is 22.7 Å². The van der Waals surface area contributed by atoms with Crippen LogP contribution in [0.3, 0.4) is 0 Å². The minimum atomic E-state index is -3.54. The van der Waals surface area contributed by atoms with Crippen molar-refractivity contribution in [3.8, 4) is 10.7 Å². The molecule has 0 spiro atoms. The normalized spacial score (nSPS) is 16.8. The number of hydrogen-bond acceptors (Lipinski definition) is 6. The number of pyridine rings is 1. The van der Waals surface area contributed by atoms with E-state index in [1.807, 2.05) is 35.7 Å². The van der Waals surface area contributed by atoms with E-state index in [0.717, 1.165) is 35.5 Å². The number of carbonyl (C=O) groups is 1. The molecule has 1 aliphatic heterocycles. The van der Waals surface area contributed by atoms with Gasteiger partial charge in [0, 0.05) is 37.8 Å². The zero-order valence-corrected chi connectivity index (χ0v) is 19.2. The third-order valence-corrected chi connectivity index (χ3v) is 8.88. The number of thiazole rings is 1. The SMILES string of the molecule is O=C(Cc1csc(-c2ccccn2)n1)N1CCN(S(=O)(=O)c2ccc3c(c2)CCC3)CC1. The van der Waals surface area contributed by atoms with Gasteiger partial charge in [-0.2, -0.15) is 4.31 Å². The van der Waals surface area contributed by atoms with Crippen molar-refractivity contribution in [2.75, 3.05) is 26.2 Å². The van der Waals surface area contributed by atoms with Crippen LogP contribution in [0.1, 0.15) is 23.2 Å². The average Bonchev–Trinajstić information content (AvgIpc) is 3.49. The summed E-state index contributed by atoms with van der Waals surface area (Å²) < 4.78 is 27.7. The molecule has 166 valence electrons. The number of nitrogens with zero attached hydrogens (tertiary/aromatic N) is 4. The molecule has 7 nitrogen and oxygen atoms in total. The molecule has 3 heterocycles. The Bertz CT molecular complexity index is 1230. The van der Waals surface area contributed by atoms with Crippen molar-refractivity contribution in [1.29, 1.82) is 0 Å². The van der Waals surface area contributed by atoms with Crippen molar-refractivity contribution in [1.82, 2.24) is 19.2 Å². The molecule has 1 amide bonds. The van der Waals surface area contributed by atoms with E-state index in [-0.39, 0.29) is 12.3 Å². The first-order chi connectivity index (χ1) is 15.5. The quantitative estimate of drug-likeness (QED) is 0.575. The zero-order valence-electron chi connectivity index (χ0n) is 17.6. The Morgan fingerprint density at radius 2 is 1.84 bits per heavy atom. The van der Waals surface area contributed by atoms with Gasteiger partial charge in [0.2, 0.25) is 15.9 Å². The van der Waals surface area contributed by atoms with E-state index >= 15 is 0 Å². The molecule has 0 unspecified atom stereocenters. The molecule has 0 radical (unpaired) electrons. The van der Waals surface area contributed by atoms with Crippen LogP contribution in [-0.4, -0.2) is 59.7 Å². The summed E-state index contributed by atoms with van der Waals surface area (Å²) >= 11 is 1.47. The Labute approximate surface area is 191 Å². The lowest BCUT2D eigenvalue weighted by Gasteiger charge is -2.34. The minimum Gasteiger partial charge on any atom is -0.340 e. The second-order valence-electron chi connectivity index (χ2n) is 8.10. The molecule has 0 N–H and O–H groups in total. The highest BCUT2D eigenvalue weighted by Crippen LogP contribution is 2.27. The van der Waals surface area contributed by atoms with Crippen molar-refractivity contribution >= 4 is 27.3 Å². The molecule has 1 aromatic carbocycles. The van der Waals surface area contributed by atoms with E-state index in [9.17, 15) is 13.2 Å². The number of piperazine rings is 1. The van der Waals surface area contributed by atoms with Gasteiger partial charge in [0.1, 0.15) is 5.01 Å². The topological polar surface area (TPSA) is 83.5 Å². The first-order valence-electron chi connectivity index (χ1n) is 10.8. The Balaban J connectivity index is 1.20. The fourth-order valence-electron chi connectivity index (χ4n) is 4.30. The maximum Gasteiger partial charge on any atom is 0.243 e. The molecule has 2 aromatic heterocycles. The van der Waals surface area contributed by atoms with Gasteiger partial charge in [-0.1, -0.05) is 12.1 Å². The van der Waals surface area contributed by atoms with Gasteiger partial charge in [0.15, 0.2) is 0 Å². The Morgan fingerprint density at radius 1 is 1.03 bits per heavy atom. The van der Waals surface area contributed by atoms with Crippen LogP contribution >= 0.6 is 11.3 Å². The number of amides is 1. The third-order valence-electron chi connectivity index (χ3n) is 6.07. The van der Waals surface area contributed by atoms with Crippen molar-refractivity contribution < 1.29 is 13.2 Å². The first-order valence-corrected chi connectivity index (χ1v) is 13.1. The van der Waals surface area contributed by atoms with Crippen LogP contribution in [0.15, 0.2) is 52.9 Å². The summed E-state index contributed by atoms with van der Waals surface area (Å²) in [5.41, 5.74) is 3.91. The van der Waals surface area contributed by atoms with Crippen LogP contribution in [0.4, 0.5) is 0 Å². The second kappa shape index (κ2) is 8.73. The first kappa shape index (κ1) is 21.2. The van der Waals surface area contributed by atoms with Gasteiger partial charge in [-0.15, -0.1) is 11.3 Å². The van der Waals surface area contributed by atoms with Gasteiger partial charge < -0.3 is 4.90 Å². The van der Waals surface area contributed by atoms with Gasteiger partial charge >= 0.3 is 0 Å². The van der Waals surface area contributed by atoms with Gasteiger partial charge in [-0.05, 0) is 54.7 Å². The molecule has 1 saturated heterocycles. The molecule has 3 aromatic rings. The molecule has 32 heavy (non-hydrogen) atoms. The fourth-order valence-corrected chi connectivity index (χ4v) is 6.57. The zero-order chi connectivity index (χ0) is 22.1. The van der Waals surface area contributed by atoms with Gasteiger partial charge in [-0.3, -0.25) is 9.78 Å². The van der Waals surface area contributed by atoms with Crippen LogP contribution < -0.4 is 0 Å². The number of sulfonamides is 1. The maximum absolute atomic E-state index is 13.1. The largest absolute Gasteiger partial charge is 0.340 e. The number of aromatic nitrogens is 2. The van der Waals surface area contributed by atoms with Crippen molar-refractivity contribution in [2.24, 2.45) is 0 Å². The predicted molar refractivity (Wildman–Crippen MR) is 123 cm³/mol. The number of rotatable bonds is 5. The monoisotopic (exact) mass is 468 g/mol. The van der Waals surface area contributed by atoms with Crippen LogP contribution in [0.5, 0.6) is 0 Å². The summed E-state index contributed by atoms with van der Waals surface area (Å²) in [5.74, 6) is -0.0301. The Hall–Kier alpha value is -2.62. The van der Waals surface area contributed by atoms with Gasteiger partial charge in [0.25, 0.3) is 0 Å². The molecule has 0 bridgehead atoms. The molecular formula is C23H24N4O3S2. The highest BCUT2D eigenvalue weighted by molar-refractivity contribution is 7.89. The van der Waals surface area contributed by atoms with Crippen LogP contribution in [-0.2, 0) is 34.1 Å². The molecule has 0 atom stereocenters. The molecular weight excluding hydrogens is 444 g/mol. The highest BCUT2D eigenvalue weighted by atomic mass is 32.2. The summed E-state index contributed by atoms with van der Waals surface area (Å²) in [6.45, 7) is 1.39. The number of benzene rings is 1. The number of aryl methyl sites for hydroxylation is 2. The van der Waals surface area contributed by atoms with Crippen LogP contribution in [0.25, 0.3) is 10.7 Å². The standard InChI is InChI=1S/C23H24N4O3S2/c28-22(15-19-16-31-23(25-19)21-6-1-2-9-24-21)26-10-12-27(13-11-26)32(29,30)20-8-7-17-4-3-5-18(17)14-20/h1-2,6-9,14,16H,3-5,10-13,15H2. The molecule has 1 fully saturated rings. The number of fused-ring (bicyclic) bond motifs is 1. The van der Waals surface area contributed by atoms with Gasteiger partial charge in [-0.25, -0.2) is 13.4 Å². The Kier molecular flexibility index (Phi) is 5.79. The van der Waals surface area contributed by atoms with Crippen molar-refractivity contribution in [2.45, 2.75) is 30.6 Å². The highest BCUT2D eigenvalue weighted by Gasteiger charge is 2.31. The van der Waals surface area contributed by atoms with E-state index in [0.29, 0.717) is 36.8 Å². The van der Waals surface area contributed by atoms with E-state index in [1.54, 1.807) is 17.2 Å². The lowest BCUT2D eigenvalue weighted by Crippen LogP contribution is -2.50. The molecule has 5 rings (SSSR count).